The molecule has 0 heterocycles. The van der Waals surface area contributed by atoms with E-state index in [0.717, 1.165) is 12.3 Å². The fraction of sp³-hybridized carbons (Fsp3) is 0.500. The summed E-state index contributed by atoms with van der Waals surface area (Å²) < 4.78 is 18.4. The zero-order chi connectivity index (χ0) is 12.5. The average molecular weight is 259 g/mol. The third-order valence-electron chi connectivity index (χ3n) is 2.13. The number of nitrogens with one attached hydrogen (secondary N) is 1. The first-order chi connectivity index (χ1) is 8.24. The molecule has 0 saturated heterocycles. The summed E-state index contributed by atoms with van der Waals surface area (Å²) in [6.07, 6.45) is 1.40. The molecule has 0 saturated carbocycles. The van der Waals surface area contributed by atoms with Crippen LogP contribution in [0, 0.1) is 5.82 Å². The first-order valence-corrected chi connectivity index (χ1v) is 6.88. The van der Waals surface area contributed by atoms with Gasteiger partial charge >= 0.3 is 0 Å². The molecule has 1 atom stereocenters. The molecule has 0 aliphatic carbocycles. The fourth-order valence-electron chi connectivity index (χ4n) is 1.25. The van der Waals surface area contributed by atoms with Gasteiger partial charge in [-0.3, -0.25) is 0 Å². The maximum absolute atomic E-state index is 13.2. The van der Waals surface area contributed by atoms with Crippen molar-refractivity contribution in [2.75, 3.05) is 31.7 Å². The van der Waals surface area contributed by atoms with Crippen LogP contribution in [0.15, 0.2) is 24.3 Å². The lowest BCUT2D eigenvalue weighted by Crippen LogP contribution is -2.32. The van der Waals surface area contributed by atoms with E-state index in [-0.39, 0.29) is 12.4 Å². The lowest BCUT2D eigenvalue weighted by Gasteiger charge is -2.13. The summed E-state index contributed by atoms with van der Waals surface area (Å²) in [5, 5.41) is 12.7. The highest BCUT2D eigenvalue weighted by Crippen LogP contribution is 2.15. The van der Waals surface area contributed by atoms with Gasteiger partial charge in [0.25, 0.3) is 0 Å². The number of thioether (sulfide) groups is 1. The summed E-state index contributed by atoms with van der Waals surface area (Å²) >= 11 is 1.74. The molecular formula is C12H18FNO2S. The third kappa shape index (κ3) is 5.91. The van der Waals surface area contributed by atoms with Gasteiger partial charge in [0.15, 0.2) is 11.6 Å². The molecule has 1 aromatic rings. The second-order valence-electron chi connectivity index (χ2n) is 3.59. The first kappa shape index (κ1) is 14.3. The molecule has 1 unspecified atom stereocenters. The highest BCUT2D eigenvalue weighted by molar-refractivity contribution is 7.98. The quantitative estimate of drug-likeness (QED) is 0.695. The number of ether oxygens (including phenoxy) is 1. The van der Waals surface area contributed by atoms with Crippen LogP contribution in [0.25, 0.3) is 0 Å². The molecular weight excluding hydrogens is 241 g/mol. The molecule has 3 nitrogen and oxygen atoms in total. The van der Waals surface area contributed by atoms with E-state index in [4.69, 9.17) is 4.74 Å². The van der Waals surface area contributed by atoms with E-state index in [2.05, 4.69) is 5.32 Å². The fourth-order valence-corrected chi connectivity index (χ4v) is 1.60. The Balaban J connectivity index is 2.19. The summed E-state index contributed by atoms with van der Waals surface area (Å²) in [4.78, 5) is 0. The minimum atomic E-state index is -0.628. The summed E-state index contributed by atoms with van der Waals surface area (Å²) in [6, 6.07) is 6.17. The van der Waals surface area contributed by atoms with Crippen molar-refractivity contribution in [1.82, 2.24) is 5.32 Å². The van der Waals surface area contributed by atoms with Gasteiger partial charge in [-0.15, -0.1) is 0 Å². The van der Waals surface area contributed by atoms with Gasteiger partial charge in [0.05, 0.1) is 0 Å². The Kier molecular flexibility index (Phi) is 7.00. The number of para-hydroxylation sites is 1. The van der Waals surface area contributed by atoms with Crippen molar-refractivity contribution in [2.45, 2.75) is 6.10 Å². The van der Waals surface area contributed by atoms with Crippen molar-refractivity contribution in [1.29, 1.82) is 0 Å². The van der Waals surface area contributed by atoms with Gasteiger partial charge < -0.3 is 15.2 Å². The van der Waals surface area contributed by atoms with Gasteiger partial charge in [0, 0.05) is 18.8 Å². The maximum Gasteiger partial charge on any atom is 0.165 e. The smallest absolute Gasteiger partial charge is 0.165 e. The van der Waals surface area contributed by atoms with Gasteiger partial charge in [0.1, 0.15) is 12.7 Å². The largest absolute Gasteiger partial charge is 0.488 e. The summed E-state index contributed by atoms with van der Waals surface area (Å²) in [5.41, 5.74) is 0. The Morgan fingerprint density at radius 2 is 2.24 bits per heavy atom. The van der Waals surface area contributed by atoms with Crippen LogP contribution >= 0.6 is 11.8 Å². The molecule has 0 radical (unpaired) electrons. The standard InChI is InChI=1S/C12H18FNO2S/c1-17-7-6-14-8-10(15)9-16-12-5-3-2-4-11(12)13/h2-5,10,14-15H,6-9H2,1H3. The molecule has 0 amide bonds. The van der Waals surface area contributed by atoms with Crippen molar-refractivity contribution in [2.24, 2.45) is 0 Å². The number of hydrogen-bond acceptors (Lipinski definition) is 4. The summed E-state index contributed by atoms with van der Waals surface area (Å²) in [6.45, 7) is 1.39. The van der Waals surface area contributed by atoms with Crippen LogP contribution < -0.4 is 10.1 Å². The SMILES string of the molecule is CSCCNCC(O)COc1ccccc1F. The van der Waals surface area contributed by atoms with Crippen LogP contribution in [0.5, 0.6) is 5.75 Å². The lowest BCUT2D eigenvalue weighted by atomic mass is 10.3. The van der Waals surface area contributed by atoms with Gasteiger partial charge in [0.2, 0.25) is 0 Å². The van der Waals surface area contributed by atoms with Crippen LogP contribution in [0.4, 0.5) is 4.39 Å². The number of benzene rings is 1. The molecule has 2 N–H and O–H groups in total. The minimum absolute atomic E-state index is 0.0905. The molecule has 0 aliphatic rings. The maximum atomic E-state index is 13.2. The van der Waals surface area contributed by atoms with E-state index in [1.165, 1.54) is 6.07 Å². The Morgan fingerprint density at radius 3 is 2.94 bits per heavy atom. The van der Waals surface area contributed by atoms with Gasteiger partial charge in [-0.05, 0) is 18.4 Å². The predicted molar refractivity (Wildman–Crippen MR) is 69.2 cm³/mol. The van der Waals surface area contributed by atoms with E-state index < -0.39 is 11.9 Å². The molecule has 5 heteroatoms. The van der Waals surface area contributed by atoms with Gasteiger partial charge in [-0.2, -0.15) is 11.8 Å². The highest BCUT2D eigenvalue weighted by atomic mass is 32.2. The van der Waals surface area contributed by atoms with Crippen molar-refractivity contribution in [3.05, 3.63) is 30.1 Å². The number of aliphatic hydroxyl groups excluding tert-OH is 1. The Bertz CT molecular complexity index is 325. The van der Waals surface area contributed by atoms with Crippen LogP contribution in [0.3, 0.4) is 0 Å². The number of rotatable bonds is 8. The second-order valence-corrected chi connectivity index (χ2v) is 4.58. The van der Waals surface area contributed by atoms with Crippen molar-refractivity contribution in [3.63, 3.8) is 0 Å². The van der Waals surface area contributed by atoms with E-state index >= 15 is 0 Å². The molecule has 0 aliphatic heterocycles. The number of halogens is 1. The zero-order valence-corrected chi connectivity index (χ0v) is 10.7. The molecule has 17 heavy (non-hydrogen) atoms. The molecule has 1 rings (SSSR count). The second kappa shape index (κ2) is 8.33. The Hall–Kier alpha value is -0.780. The van der Waals surface area contributed by atoms with E-state index in [1.54, 1.807) is 30.0 Å². The van der Waals surface area contributed by atoms with Gasteiger partial charge in [-0.25, -0.2) is 4.39 Å². The molecule has 1 aromatic carbocycles. The van der Waals surface area contributed by atoms with Crippen molar-refractivity contribution < 1.29 is 14.2 Å². The topological polar surface area (TPSA) is 41.5 Å². The van der Waals surface area contributed by atoms with E-state index in [1.807, 2.05) is 6.26 Å². The monoisotopic (exact) mass is 259 g/mol. The zero-order valence-electron chi connectivity index (χ0n) is 9.86. The predicted octanol–water partition coefficient (Wildman–Crippen LogP) is 1.52. The van der Waals surface area contributed by atoms with E-state index in [9.17, 15) is 9.50 Å². The highest BCUT2D eigenvalue weighted by Gasteiger charge is 2.07. The average Bonchev–Trinajstić information content (AvgIpc) is 2.34. The summed E-state index contributed by atoms with van der Waals surface area (Å²) in [7, 11) is 0. The van der Waals surface area contributed by atoms with E-state index in [0.29, 0.717) is 6.54 Å². The summed E-state index contributed by atoms with van der Waals surface area (Å²) in [5.74, 6) is 0.770. The molecule has 0 bridgehead atoms. The lowest BCUT2D eigenvalue weighted by molar-refractivity contribution is 0.105. The van der Waals surface area contributed by atoms with Crippen molar-refractivity contribution >= 4 is 11.8 Å². The third-order valence-corrected chi connectivity index (χ3v) is 2.74. The Morgan fingerprint density at radius 1 is 1.47 bits per heavy atom. The Labute approximate surface area is 105 Å². The molecule has 96 valence electrons. The number of hydrogen-bond donors (Lipinski definition) is 2. The van der Waals surface area contributed by atoms with Crippen LogP contribution in [-0.4, -0.2) is 42.9 Å². The van der Waals surface area contributed by atoms with Crippen LogP contribution in [0.2, 0.25) is 0 Å². The minimum Gasteiger partial charge on any atom is -0.488 e. The first-order valence-electron chi connectivity index (χ1n) is 5.49. The van der Waals surface area contributed by atoms with Crippen LogP contribution in [0.1, 0.15) is 0 Å². The normalized spacial score (nSPS) is 12.4. The molecule has 0 fully saturated rings. The van der Waals surface area contributed by atoms with Crippen molar-refractivity contribution in [3.8, 4) is 5.75 Å². The van der Waals surface area contributed by atoms with Gasteiger partial charge in [-0.1, -0.05) is 12.1 Å². The van der Waals surface area contributed by atoms with Crippen LogP contribution in [-0.2, 0) is 0 Å². The number of aliphatic hydroxyl groups is 1. The molecule has 0 spiro atoms. The molecule has 0 aromatic heterocycles.